The van der Waals surface area contributed by atoms with Crippen molar-refractivity contribution >= 4 is 27.6 Å². The van der Waals surface area contributed by atoms with Gasteiger partial charge in [-0.25, -0.2) is 48.3 Å². The topological polar surface area (TPSA) is 95.0 Å². The molecule has 0 aromatic heterocycles. The Labute approximate surface area is 303 Å². The van der Waals surface area contributed by atoms with Crippen LogP contribution in [0.1, 0.15) is 94.5 Å². The van der Waals surface area contributed by atoms with Gasteiger partial charge >= 0.3 is 5.97 Å². The average Bonchev–Trinajstić information content (AvgIpc) is 3.96. The van der Waals surface area contributed by atoms with E-state index in [4.69, 9.17) is 0 Å². The summed E-state index contributed by atoms with van der Waals surface area (Å²) in [5, 5.41) is 9.71. The van der Waals surface area contributed by atoms with Crippen LogP contribution in [0.3, 0.4) is 0 Å². The van der Waals surface area contributed by atoms with Crippen LogP contribution in [-0.2, 0) is 27.9 Å². The summed E-state index contributed by atoms with van der Waals surface area (Å²) < 4.78 is 144. The molecule has 0 aliphatic heterocycles. The lowest BCUT2D eigenvalue weighted by molar-refractivity contribution is -0.119. The highest BCUT2D eigenvalue weighted by Gasteiger charge is 2.40. The van der Waals surface area contributed by atoms with Crippen LogP contribution in [0.4, 0.5) is 40.8 Å². The van der Waals surface area contributed by atoms with Crippen LogP contribution in [0.5, 0.6) is 0 Å². The van der Waals surface area contributed by atoms with E-state index in [1.165, 1.54) is 18.2 Å². The molecule has 16 heteroatoms. The zero-order valence-electron chi connectivity index (χ0n) is 28.1. The number of nitrogens with zero attached hydrogens (tertiary/aromatic N) is 2. The minimum absolute atomic E-state index is 0.113. The van der Waals surface area contributed by atoms with Crippen LogP contribution in [-0.4, -0.2) is 36.3 Å². The second-order valence-corrected chi connectivity index (χ2v) is 15.8. The maximum Gasteiger partial charge on any atom is 0.335 e. The maximum absolute atomic E-state index is 15.1. The zero-order chi connectivity index (χ0) is 38.8. The summed E-state index contributed by atoms with van der Waals surface area (Å²) in [5.41, 5.74) is 1.88. The molecular weight excluding hydrogens is 748 g/mol. The number of carboxylic acids is 1. The molecule has 4 aromatic rings. The van der Waals surface area contributed by atoms with Crippen LogP contribution in [0.15, 0.2) is 53.4 Å². The van der Waals surface area contributed by atoms with E-state index in [1.54, 1.807) is 0 Å². The molecule has 0 spiro atoms. The van der Waals surface area contributed by atoms with Crippen LogP contribution < -0.4 is 4.90 Å². The molecular formula is C38H30F8N2O5S. The molecule has 4 aromatic carbocycles. The number of halogens is 8. The first-order chi connectivity index (χ1) is 25.5. The minimum Gasteiger partial charge on any atom is -0.478 e. The number of hydrogen-bond donors (Lipinski definition) is 1. The van der Waals surface area contributed by atoms with Crippen LogP contribution in [0, 0.1) is 46.5 Å². The van der Waals surface area contributed by atoms with E-state index >= 15 is 8.78 Å². The molecule has 0 unspecified atom stereocenters. The average molecular weight is 779 g/mol. The lowest BCUT2D eigenvalue weighted by Gasteiger charge is -2.30. The largest absolute Gasteiger partial charge is 0.478 e. The number of hydrogen-bond acceptors (Lipinski definition) is 4. The van der Waals surface area contributed by atoms with E-state index in [1.807, 2.05) is 12.1 Å². The molecule has 7 rings (SSSR count). The Morgan fingerprint density at radius 2 is 1.19 bits per heavy atom. The number of carbonyl (C=O) groups excluding carboxylic acids is 1. The summed E-state index contributed by atoms with van der Waals surface area (Å²) >= 11 is 0. The number of anilines is 1. The second kappa shape index (κ2) is 14.1. The van der Waals surface area contributed by atoms with E-state index in [0.29, 0.717) is 24.0 Å². The first kappa shape index (κ1) is 37.5. The summed E-state index contributed by atoms with van der Waals surface area (Å²) in [6, 6.07) is 10.1. The predicted octanol–water partition coefficient (Wildman–Crippen LogP) is 8.55. The SMILES string of the molecule is O=C(O)c1ccc(N(Cc2cc(C3CC3)cc(C3CC3)c2)C(=O)CN(Cc2c(F)cc(F)cc2F)S(=O)(=O)c2c(F)c(F)c(F)c(F)c2F)c(C2CC2)c1. The number of carboxylic acid groups (broad SMARTS) is 1. The van der Waals surface area contributed by atoms with Gasteiger partial charge in [0, 0.05) is 29.9 Å². The van der Waals surface area contributed by atoms with Gasteiger partial charge in [-0.1, -0.05) is 18.2 Å². The fourth-order valence-electron chi connectivity index (χ4n) is 6.59. The van der Waals surface area contributed by atoms with E-state index < -0.39 is 92.0 Å². The molecule has 54 heavy (non-hydrogen) atoms. The van der Waals surface area contributed by atoms with Gasteiger partial charge < -0.3 is 10.0 Å². The minimum atomic E-state index is -6.02. The van der Waals surface area contributed by atoms with Crippen molar-refractivity contribution in [2.24, 2.45) is 0 Å². The van der Waals surface area contributed by atoms with Crippen molar-refractivity contribution in [1.82, 2.24) is 4.31 Å². The van der Waals surface area contributed by atoms with Crippen molar-refractivity contribution in [2.75, 3.05) is 11.4 Å². The molecule has 0 saturated heterocycles. The van der Waals surface area contributed by atoms with Crippen LogP contribution in [0.2, 0.25) is 0 Å². The first-order valence-electron chi connectivity index (χ1n) is 17.0. The molecule has 0 bridgehead atoms. The monoisotopic (exact) mass is 778 g/mol. The molecule has 3 saturated carbocycles. The summed E-state index contributed by atoms with van der Waals surface area (Å²) in [6.07, 6.45) is 5.01. The van der Waals surface area contributed by atoms with Crippen molar-refractivity contribution < 1.29 is 58.2 Å². The molecule has 3 fully saturated rings. The molecule has 0 radical (unpaired) electrons. The zero-order valence-corrected chi connectivity index (χ0v) is 28.9. The van der Waals surface area contributed by atoms with E-state index in [0.717, 1.165) is 41.7 Å². The Morgan fingerprint density at radius 3 is 1.69 bits per heavy atom. The Bertz CT molecular complexity index is 2240. The number of amides is 1. The van der Waals surface area contributed by atoms with E-state index in [9.17, 15) is 49.5 Å². The van der Waals surface area contributed by atoms with Gasteiger partial charge in [-0.2, -0.15) is 4.31 Å². The number of benzene rings is 4. The maximum atomic E-state index is 15.1. The predicted molar refractivity (Wildman–Crippen MR) is 177 cm³/mol. The molecule has 284 valence electrons. The molecule has 1 amide bonds. The third-order valence-corrected chi connectivity index (χ3v) is 11.7. The first-order valence-corrected chi connectivity index (χ1v) is 18.5. The van der Waals surface area contributed by atoms with Crippen LogP contribution >= 0.6 is 0 Å². The number of sulfonamides is 1. The smallest absolute Gasteiger partial charge is 0.335 e. The number of carbonyl (C=O) groups is 2. The van der Waals surface area contributed by atoms with Gasteiger partial charge in [0.05, 0.1) is 18.7 Å². The van der Waals surface area contributed by atoms with Crippen molar-refractivity contribution in [1.29, 1.82) is 0 Å². The summed E-state index contributed by atoms with van der Waals surface area (Å²) in [4.78, 5) is 25.2. The van der Waals surface area contributed by atoms with Gasteiger partial charge in [0.2, 0.25) is 21.7 Å². The molecule has 0 atom stereocenters. The van der Waals surface area contributed by atoms with Gasteiger partial charge in [0.25, 0.3) is 0 Å². The Balaban J connectivity index is 1.36. The normalized spacial score (nSPS) is 15.9. The van der Waals surface area contributed by atoms with Gasteiger partial charge in [0.15, 0.2) is 28.2 Å². The third-order valence-electron chi connectivity index (χ3n) is 9.88. The van der Waals surface area contributed by atoms with Crippen molar-refractivity contribution in [2.45, 2.75) is 74.3 Å². The summed E-state index contributed by atoms with van der Waals surface area (Å²) in [6.45, 7) is -3.27. The van der Waals surface area contributed by atoms with E-state index in [2.05, 4.69) is 6.07 Å². The Hall–Kier alpha value is -4.83. The summed E-state index contributed by atoms with van der Waals surface area (Å²) in [5.74, 6) is -20.3. The third kappa shape index (κ3) is 7.32. The second-order valence-electron chi connectivity index (χ2n) is 13.9. The van der Waals surface area contributed by atoms with Gasteiger partial charge in [0.1, 0.15) is 17.5 Å². The lowest BCUT2D eigenvalue weighted by atomic mass is 9.98. The van der Waals surface area contributed by atoms with Gasteiger partial charge in [-0.15, -0.1) is 0 Å². The number of rotatable bonds is 13. The lowest BCUT2D eigenvalue weighted by Crippen LogP contribution is -2.43. The van der Waals surface area contributed by atoms with Crippen molar-refractivity contribution in [3.8, 4) is 0 Å². The highest BCUT2D eigenvalue weighted by molar-refractivity contribution is 7.89. The Kier molecular flexibility index (Phi) is 9.79. The quantitative estimate of drug-likeness (QED) is 0.0835. The molecule has 1 N–H and O–H groups in total. The fourth-order valence-corrected chi connectivity index (χ4v) is 8.06. The fraction of sp³-hybridized carbons (Fsp3) is 0.316. The molecule has 3 aliphatic carbocycles. The van der Waals surface area contributed by atoms with Gasteiger partial charge in [-0.05, 0) is 96.7 Å². The van der Waals surface area contributed by atoms with E-state index in [-0.39, 0.29) is 52.0 Å². The highest BCUT2D eigenvalue weighted by Crippen LogP contribution is 2.47. The van der Waals surface area contributed by atoms with Gasteiger partial charge in [-0.3, -0.25) is 4.79 Å². The standard InChI is InChI=1S/C38H30F8N2O5S/c39-25-13-28(40)27(29(41)14-25)16-47(54(52,53)37-35(45)33(43)32(42)34(44)36(37)46)17-31(49)48(30-8-7-22(38(50)51)12-26(30)21-5-6-21)15-18-9-23(19-1-2-19)11-24(10-18)20-3-4-20/h7-14,19-21H,1-6,15-17H2,(H,50,51). The Morgan fingerprint density at radius 1 is 0.667 bits per heavy atom. The van der Waals surface area contributed by atoms with Crippen molar-refractivity contribution in [3.63, 3.8) is 0 Å². The number of aromatic carboxylic acids is 1. The molecule has 0 heterocycles. The molecule has 3 aliphatic rings. The summed E-state index contributed by atoms with van der Waals surface area (Å²) in [7, 11) is -6.02. The van der Waals surface area contributed by atoms with Crippen LogP contribution in [0.25, 0.3) is 0 Å². The van der Waals surface area contributed by atoms with Crippen molar-refractivity contribution in [3.05, 3.63) is 128 Å². The highest BCUT2D eigenvalue weighted by atomic mass is 32.2. The molecule has 7 nitrogen and oxygen atoms in total.